The summed E-state index contributed by atoms with van der Waals surface area (Å²) in [5.74, 6) is 0.552. The third-order valence-corrected chi connectivity index (χ3v) is 2.36. The molecule has 0 aliphatic carbocycles. The zero-order valence-corrected chi connectivity index (χ0v) is 8.12. The van der Waals surface area contributed by atoms with Crippen molar-refractivity contribution >= 4 is 5.78 Å². The van der Waals surface area contributed by atoms with Crippen LogP contribution in [0.15, 0.2) is 4.52 Å². The molecule has 1 N–H and O–H groups in total. The summed E-state index contributed by atoms with van der Waals surface area (Å²) in [5.41, 5.74) is 0. The molecule has 0 spiro atoms. The Kier molecular flexibility index (Phi) is 2.58. The van der Waals surface area contributed by atoms with E-state index in [0.717, 1.165) is 19.4 Å². The number of nitrogens with zero attached hydrogens (tertiary/aromatic N) is 2. The molecule has 0 amide bonds. The van der Waals surface area contributed by atoms with Crippen LogP contribution in [0.3, 0.4) is 0 Å². The Hall–Kier alpha value is -1.23. The molecule has 0 radical (unpaired) electrons. The van der Waals surface area contributed by atoms with Crippen LogP contribution in [-0.2, 0) is 6.42 Å². The SMILES string of the molecule is CC(=O)c1nc(CC2CCCN2)no1. The highest BCUT2D eigenvalue weighted by Crippen LogP contribution is 2.10. The molecule has 1 aliphatic rings. The number of Topliss-reactive ketones (excluding diaryl/α,β-unsaturated/α-hetero) is 1. The Morgan fingerprint density at radius 1 is 1.71 bits per heavy atom. The molecular weight excluding hydrogens is 182 g/mol. The van der Waals surface area contributed by atoms with Crippen LogP contribution >= 0.6 is 0 Å². The van der Waals surface area contributed by atoms with Crippen LogP contribution in [0.25, 0.3) is 0 Å². The molecule has 0 aromatic carbocycles. The highest BCUT2D eigenvalue weighted by molar-refractivity contribution is 5.89. The van der Waals surface area contributed by atoms with Crippen LogP contribution in [-0.4, -0.2) is 28.5 Å². The summed E-state index contributed by atoms with van der Waals surface area (Å²) in [4.78, 5) is 14.9. The lowest BCUT2D eigenvalue weighted by Gasteiger charge is -2.04. The van der Waals surface area contributed by atoms with Gasteiger partial charge in [0.1, 0.15) is 0 Å². The van der Waals surface area contributed by atoms with Crippen molar-refractivity contribution < 1.29 is 9.32 Å². The molecule has 5 nitrogen and oxygen atoms in total. The van der Waals surface area contributed by atoms with Crippen LogP contribution in [0.1, 0.15) is 36.3 Å². The van der Waals surface area contributed by atoms with E-state index in [4.69, 9.17) is 4.52 Å². The Morgan fingerprint density at radius 2 is 2.57 bits per heavy atom. The monoisotopic (exact) mass is 195 g/mol. The average molecular weight is 195 g/mol. The van der Waals surface area contributed by atoms with Crippen molar-refractivity contribution in [1.29, 1.82) is 0 Å². The standard InChI is InChI=1S/C9H13N3O2/c1-6(13)9-11-8(12-14-9)5-7-3-2-4-10-7/h7,10H,2-5H2,1H3. The Balaban J connectivity index is 1.98. The lowest BCUT2D eigenvalue weighted by Crippen LogP contribution is -2.24. The van der Waals surface area contributed by atoms with E-state index in [2.05, 4.69) is 15.5 Å². The van der Waals surface area contributed by atoms with Gasteiger partial charge in [0.15, 0.2) is 5.82 Å². The van der Waals surface area contributed by atoms with Gasteiger partial charge in [-0.1, -0.05) is 5.16 Å². The van der Waals surface area contributed by atoms with E-state index in [-0.39, 0.29) is 11.7 Å². The largest absolute Gasteiger partial charge is 0.331 e. The second-order valence-corrected chi connectivity index (χ2v) is 3.57. The van der Waals surface area contributed by atoms with Crippen LogP contribution in [0.4, 0.5) is 0 Å². The van der Waals surface area contributed by atoms with Crippen molar-refractivity contribution in [3.63, 3.8) is 0 Å². The van der Waals surface area contributed by atoms with Gasteiger partial charge in [0.2, 0.25) is 5.78 Å². The second-order valence-electron chi connectivity index (χ2n) is 3.57. The molecule has 1 unspecified atom stereocenters. The summed E-state index contributed by atoms with van der Waals surface area (Å²) < 4.78 is 4.80. The Bertz CT molecular complexity index is 329. The number of carbonyl (C=O) groups excluding carboxylic acids is 1. The second kappa shape index (κ2) is 3.88. The summed E-state index contributed by atoms with van der Waals surface area (Å²) in [6.45, 7) is 2.48. The van der Waals surface area contributed by atoms with Crippen molar-refractivity contribution in [2.24, 2.45) is 0 Å². The fourth-order valence-electron chi connectivity index (χ4n) is 1.63. The van der Waals surface area contributed by atoms with Crippen LogP contribution < -0.4 is 5.32 Å². The number of rotatable bonds is 3. The van der Waals surface area contributed by atoms with E-state index in [1.165, 1.54) is 13.3 Å². The van der Waals surface area contributed by atoms with E-state index < -0.39 is 0 Å². The maximum absolute atomic E-state index is 10.9. The number of nitrogens with one attached hydrogen (secondary N) is 1. The number of ketones is 1. The third-order valence-electron chi connectivity index (χ3n) is 2.36. The topological polar surface area (TPSA) is 68.0 Å². The summed E-state index contributed by atoms with van der Waals surface area (Å²) in [7, 11) is 0. The summed E-state index contributed by atoms with van der Waals surface area (Å²) in [6, 6.07) is 0.437. The van der Waals surface area contributed by atoms with Crippen LogP contribution in [0, 0.1) is 0 Å². The number of hydrogen-bond acceptors (Lipinski definition) is 5. The van der Waals surface area contributed by atoms with Gasteiger partial charge >= 0.3 is 0 Å². The van der Waals surface area contributed by atoms with E-state index >= 15 is 0 Å². The molecule has 0 bridgehead atoms. The molecule has 1 fully saturated rings. The first-order valence-corrected chi connectivity index (χ1v) is 4.82. The maximum atomic E-state index is 10.9. The van der Waals surface area contributed by atoms with Gasteiger partial charge in [0.25, 0.3) is 5.89 Å². The number of carbonyl (C=O) groups is 1. The molecule has 0 saturated carbocycles. The molecule has 14 heavy (non-hydrogen) atoms. The summed E-state index contributed by atoms with van der Waals surface area (Å²) >= 11 is 0. The van der Waals surface area contributed by atoms with Crippen molar-refractivity contribution in [1.82, 2.24) is 15.5 Å². The van der Waals surface area contributed by atoms with Crippen molar-refractivity contribution in [2.75, 3.05) is 6.54 Å². The van der Waals surface area contributed by atoms with Gasteiger partial charge in [-0.15, -0.1) is 0 Å². The van der Waals surface area contributed by atoms with Gasteiger partial charge in [0, 0.05) is 19.4 Å². The molecule has 2 rings (SSSR count). The van der Waals surface area contributed by atoms with Crippen molar-refractivity contribution in [2.45, 2.75) is 32.2 Å². The van der Waals surface area contributed by atoms with Gasteiger partial charge in [-0.05, 0) is 19.4 Å². The summed E-state index contributed by atoms with van der Waals surface area (Å²) in [5, 5.41) is 7.09. The van der Waals surface area contributed by atoms with E-state index in [9.17, 15) is 4.79 Å². The molecule has 1 atom stereocenters. The first-order chi connectivity index (χ1) is 6.75. The number of aromatic nitrogens is 2. The highest BCUT2D eigenvalue weighted by atomic mass is 16.5. The fourth-order valence-corrected chi connectivity index (χ4v) is 1.63. The maximum Gasteiger partial charge on any atom is 0.293 e. The van der Waals surface area contributed by atoms with Gasteiger partial charge in [-0.3, -0.25) is 4.79 Å². The molecule has 1 aliphatic heterocycles. The normalized spacial score (nSPS) is 21.4. The molecule has 1 saturated heterocycles. The minimum Gasteiger partial charge on any atom is -0.331 e. The predicted molar refractivity (Wildman–Crippen MR) is 49.0 cm³/mol. The van der Waals surface area contributed by atoms with E-state index in [1.54, 1.807) is 0 Å². The van der Waals surface area contributed by atoms with Crippen molar-refractivity contribution in [3.8, 4) is 0 Å². The minimum absolute atomic E-state index is 0.109. The van der Waals surface area contributed by atoms with Gasteiger partial charge in [0.05, 0.1) is 0 Å². The van der Waals surface area contributed by atoms with E-state index in [1.807, 2.05) is 0 Å². The number of hydrogen-bond donors (Lipinski definition) is 1. The van der Waals surface area contributed by atoms with Crippen molar-refractivity contribution in [3.05, 3.63) is 11.7 Å². The Morgan fingerprint density at radius 3 is 3.14 bits per heavy atom. The highest BCUT2D eigenvalue weighted by Gasteiger charge is 2.18. The average Bonchev–Trinajstić information content (AvgIpc) is 2.75. The molecule has 5 heteroatoms. The molecule has 1 aromatic rings. The summed E-state index contributed by atoms with van der Waals surface area (Å²) in [6.07, 6.45) is 3.09. The quantitative estimate of drug-likeness (QED) is 0.714. The zero-order valence-electron chi connectivity index (χ0n) is 8.12. The Labute approximate surface area is 81.9 Å². The lowest BCUT2D eigenvalue weighted by molar-refractivity contribution is 0.0972. The fraction of sp³-hybridized carbons (Fsp3) is 0.667. The molecular formula is C9H13N3O2. The first kappa shape index (κ1) is 9.33. The molecule has 2 heterocycles. The van der Waals surface area contributed by atoms with Crippen LogP contribution in [0.5, 0.6) is 0 Å². The van der Waals surface area contributed by atoms with E-state index in [0.29, 0.717) is 11.9 Å². The predicted octanol–water partition coefficient (Wildman–Crippen LogP) is 0.567. The smallest absolute Gasteiger partial charge is 0.293 e. The third kappa shape index (κ3) is 1.98. The minimum atomic E-state index is -0.178. The first-order valence-electron chi connectivity index (χ1n) is 4.82. The van der Waals surface area contributed by atoms with Gasteiger partial charge < -0.3 is 9.84 Å². The lowest BCUT2D eigenvalue weighted by atomic mass is 10.1. The molecule has 76 valence electrons. The van der Waals surface area contributed by atoms with Gasteiger partial charge in [-0.25, -0.2) is 0 Å². The van der Waals surface area contributed by atoms with Gasteiger partial charge in [-0.2, -0.15) is 4.98 Å². The zero-order chi connectivity index (χ0) is 9.97. The van der Waals surface area contributed by atoms with Crippen LogP contribution in [0.2, 0.25) is 0 Å². The molecule has 1 aromatic heterocycles.